The zero-order valence-corrected chi connectivity index (χ0v) is 14.9. The van der Waals surface area contributed by atoms with E-state index in [2.05, 4.69) is 15.7 Å². The smallest absolute Gasteiger partial charge is 0.249 e. The fourth-order valence-electron chi connectivity index (χ4n) is 3.18. The molecule has 0 saturated heterocycles. The summed E-state index contributed by atoms with van der Waals surface area (Å²) in [7, 11) is 0. The predicted molar refractivity (Wildman–Crippen MR) is 99.7 cm³/mol. The topological polar surface area (TPSA) is 76.0 Å². The molecular formula is C20H16F2N4O2. The molecule has 2 aromatic carbocycles. The molecule has 142 valence electrons. The van der Waals surface area contributed by atoms with Crippen molar-refractivity contribution in [1.29, 1.82) is 0 Å². The summed E-state index contributed by atoms with van der Waals surface area (Å²) < 4.78 is 27.7. The molecule has 0 aliphatic carbocycles. The van der Waals surface area contributed by atoms with Crippen LogP contribution < -0.4 is 10.6 Å². The second-order valence-corrected chi connectivity index (χ2v) is 6.54. The third-order valence-corrected chi connectivity index (χ3v) is 4.61. The molecule has 2 heterocycles. The molecule has 2 amide bonds. The SMILES string of the molecule is Cc1c(-c2ccc(F)cc2)nn2c1NC(=O)C[C@H]2C(=O)Nc1ccc(F)cc1. The van der Waals surface area contributed by atoms with Crippen LogP contribution in [0.1, 0.15) is 18.0 Å². The maximum atomic E-state index is 13.2. The van der Waals surface area contributed by atoms with E-state index in [9.17, 15) is 18.4 Å². The number of fused-ring (bicyclic) bond motifs is 1. The predicted octanol–water partition coefficient (Wildman–Crippen LogP) is 3.66. The van der Waals surface area contributed by atoms with Gasteiger partial charge in [0, 0.05) is 16.8 Å². The van der Waals surface area contributed by atoms with E-state index in [1.807, 2.05) is 0 Å². The summed E-state index contributed by atoms with van der Waals surface area (Å²) in [5, 5.41) is 9.93. The lowest BCUT2D eigenvalue weighted by atomic mass is 10.1. The molecule has 0 radical (unpaired) electrons. The lowest BCUT2D eigenvalue weighted by Crippen LogP contribution is -2.35. The van der Waals surface area contributed by atoms with Crippen molar-refractivity contribution in [2.45, 2.75) is 19.4 Å². The van der Waals surface area contributed by atoms with E-state index < -0.39 is 17.8 Å². The summed E-state index contributed by atoms with van der Waals surface area (Å²) in [6.07, 6.45) is -0.0794. The van der Waals surface area contributed by atoms with E-state index in [0.29, 0.717) is 28.3 Å². The average Bonchev–Trinajstić information content (AvgIpc) is 3.00. The molecule has 0 fully saturated rings. The maximum absolute atomic E-state index is 13.2. The molecule has 1 aromatic heterocycles. The van der Waals surface area contributed by atoms with Crippen LogP contribution in [0.4, 0.5) is 20.3 Å². The van der Waals surface area contributed by atoms with Crippen LogP contribution in [0.2, 0.25) is 0 Å². The Morgan fingerprint density at radius 2 is 1.71 bits per heavy atom. The summed E-state index contributed by atoms with van der Waals surface area (Å²) in [5.41, 5.74) is 2.32. The fraction of sp³-hybridized carbons (Fsp3) is 0.150. The Hall–Kier alpha value is -3.55. The zero-order valence-electron chi connectivity index (χ0n) is 14.9. The standard InChI is InChI=1S/C20H16F2N4O2/c1-11-18(12-2-4-13(21)5-3-12)25-26-16(10-17(27)24-19(11)26)20(28)23-15-8-6-14(22)7-9-15/h2-9,16H,10H2,1H3,(H,23,28)(H,24,27)/t16-/m0/s1. The van der Waals surface area contributed by atoms with Gasteiger partial charge in [-0.15, -0.1) is 0 Å². The number of carbonyl (C=O) groups excluding carboxylic acids is 2. The number of nitrogens with zero attached hydrogens (tertiary/aromatic N) is 2. The van der Waals surface area contributed by atoms with Crippen LogP contribution in [-0.4, -0.2) is 21.6 Å². The minimum absolute atomic E-state index is 0.0794. The van der Waals surface area contributed by atoms with Gasteiger partial charge in [-0.1, -0.05) is 0 Å². The molecule has 0 spiro atoms. The van der Waals surface area contributed by atoms with Gasteiger partial charge >= 0.3 is 0 Å². The Morgan fingerprint density at radius 1 is 1.11 bits per heavy atom. The van der Waals surface area contributed by atoms with Crippen LogP contribution in [-0.2, 0) is 9.59 Å². The first-order valence-corrected chi connectivity index (χ1v) is 8.63. The first-order valence-electron chi connectivity index (χ1n) is 8.63. The number of hydrogen-bond donors (Lipinski definition) is 2. The molecule has 28 heavy (non-hydrogen) atoms. The van der Waals surface area contributed by atoms with Gasteiger partial charge in [-0.05, 0) is 55.5 Å². The van der Waals surface area contributed by atoms with Crippen LogP contribution in [0.3, 0.4) is 0 Å². The van der Waals surface area contributed by atoms with Gasteiger partial charge < -0.3 is 10.6 Å². The second-order valence-electron chi connectivity index (χ2n) is 6.54. The quantitative estimate of drug-likeness (QED) is 0.726. The van der Waals surface area contributed by atoms with E-state index in [0.717, 1.165) is 0 Å². The third kappa shape index (κ3) is 3.24. The van der Waals surface area contributed by atoms with Gasteiger partial charge in [-0.3, -0.25) is 9.59 Å². The van der Waals surface area contributed by atoms with E-state index >= 15 is 0 Å². The molecule has 6 nitrogen and oxygen atoms in total. The van der Waals surface area contributed by atoms with Crippen molar-refractivity contribution in [1.82, 2.24) is 9.78 Å². The molecule has 0 saturated carbocycles. The highest BCUT2D eigenvalue weighted by molar-refractivity contribution is 6.02. The molecule has 1 aliphatic rings. The van der Waals surface area contributed by atoms with Gasteiger partial charge in [-0.2, -0.15) is 5.10 Å². The zero-order chi connectivity index (χ0) is 19.8. The molecule has 1 aliphatic heterocycles. The monoisotopic (exact) mass is 382 g/mol. The van der Waals surface area contributed by atoms with Crippen molar-refractivity contribution >= 4 is 23.3 Å². The molecule has 1 atom stereocenters. The van der Waals surface area contributed by atoms with Gasteiger partial charge in [-0.25, -0.2) is 13.5 Å². The molecular weight excluding hydrogens is 366 g/mol. The second kappa shape index (κ2) is 6.88. The summed E-state index contributed by atoms with van der Waals surface area (Å²) >= 11 is 0. The van der Waals surface area contributed by atoms with Crippen molar-refractivity contribution in [3.63, 3.8) is 0 Å². The van der Waals surface area contributed by atoms with E-state index in [1.165, 1.54) is 41.1 Å². The minimum atomic E-state index is -0.860. The van der Waals surface area contributed by atoms with Crippen LogP contribution in [0.5, 0.6) is 0 Å². The minimum Gasteiger partial charge on any atom is -0.324 e. The van der Waals surface area contributed by atoms with Crippen molar-refractivity contribution in [2.75, 3.05) is 10.6 Å². The van der Waals surface area contributed by atoms with Gasteiger partial charge in [0.05, 0.1) is 12.1 Å². The van der Waals surface area contributed by atoms with Crippen molar-refractivity contribution in [3.05, 3.63) is 65.7 Å². The molecule has 8 heteroatoms. The summed E-state index contributed by atoms with van der Waals surface area (Å²) in [4.78, 5) is 24.9. The van der Waals surface area contributed by atoms with Crippen molar-refractivity contribution in [3.8, 4) is 11.3 Å². The lowest BCUT2D eigenvalue weighted by molar-refractivity contribution is -0.125. The summed E-state index contributed by atoms with van der Waals surface area (Å²) in [6, 6.07) is 10.3. The highest BCUT2D eigenvalue weighted by atomic mass is 19.1. The van der Waals surface area contributed by atoms with E-state index in [-0.39, 0.29) is 18.1 Å². The summed E-state index contributed by atoms with van der Waals surface area (Å²) in [6.45, 7) is 1.78. The number of anilines is 2. The number of hydrogen-bond acceptors (Lipinski definition) is 3. The molecule has 2 N–H and O–H groups in total. The van der Waals surface area contributed by atoms with E-state index in [1.54, 1.807) is 19.1 Å². The maximum Gasteiger partial charge on any atom is 0.249 e. The highest BCUT2D eigenvalue weighted by Gasteiger charge is 2.34. The molecule has 4 rings (SSSR count). The van der Waals surface area contributed by atoms with Gasteiger partial charge in [0.1, 0.15) is 23.5 Å². The number of aromatic nitrogens is 2. The normalized spacial score (nSPS) is 15.7. The van der Waals surface area contributed by atoms with Crippen LogP contribution in [0, 0.1) is 18.6 Å². The number of rotatable bonds is 3. The molecule has 3 aromatic rings. The number of carbonyl (C=O) groups is 2. The van der Waals surface area contributed by atoms with Crippen LogP contribution >= 0.6 is 0 Å². The van der Waals surface area contributed by atoms with E-state index in [4.69, 9.17) is 0 Å². The third-order valence-electron chi connectivity index (χ3n) is 4.61. The van der Waals surface area contributed by atoms with Crippen LogP contribution in [0.25, 0.3) is 11.3 Å². The van der Waals surface area contributed by atoms with Gasteiger partial charge in [0.25, 0.3) is 0 Å². The molecule has 0 unspecified atom stereocenters. The van der Waals surface area contributed by atoms with Crippen molar-refractivity contribution < 1.29 is 18.4 Å². The Balaban J connectivity index is 1.69. The first kappa shape index (κ1) is 17.8. The lowest BCUT2D eigenvalue weighted by Gasteiger charge is -2.24. The number of benzene rings is 2. The van der Waals surface area contributed by atoms with Gasteiger partial charge in [0.15, 0.2) is 0 Å². The number of halogens is 2. The Kier molecular flexibility index (Phi) is 4.38. The average molecular weight is 382 g/mol. The Labute approximate surface area is 159 Å². The summed E-state index contributed by atoms with van der Waals surface area (Å²) in [5.74, 6) is -1.09. The fourth-order valence-corrected chi connectivity index (χ4v) is 3.18. The van der Waals surface area contributed by atoms with Gasteiger partial charge in [0.2, 0.25) is 11.8 Å². The van der Waals surface area contributed by atoms with Crippen molar-refractivity contribution in [2.24, 2.45) is 0 Å². The van der Waals surface area contributed by atoms with Crippen LogP contribution in [0.15, 0.2) is 48.5 Å². The Bertz CT molecular complexity index is 1060. The largest absolute Gasteiger partial charge is 0.324 e. The molecule has 0 bridgehead atoms. The first-order chi connectivity index (χ1) is 13.4. The highest BCUT2D eigenvalue weighted by Crippen LogP contribution is 2.34. The number of amides is 2. The number of nitrogens with one attached hydrogen (secondary N) is 2. The Morgan fingerprint density at radius 3 is 2.36 bits per heavy atom.